The molecule has 0 atom stereocenters. The Morgan fingerprint density at radius 2 is 1.95 bits per heavy atom. The highest BCUT2D eigenvalue weighted by atomic mass is 16.1. The third-order valence-corrected chi connectivity index (χ3v) is 2.11. The zero-order valence-electron chi connectivity index (χ0n) is 11.9. The standard InChI is InChI=1S/C16H21NO2/c1-4-5-6-7-8-9-10-15(18)11-12-16(19)17-13-14(2)3/h11-12,14H,8-10,13H2,1-3H3,(H,17,19). The van der Waals surface area contributed by atoms with Crippen molar-refractivity contribution >= 4 is 11.7 Å². The molecule has 0 spiro atoms. The number of rotatable bonds is 7. The number of ketones is 1. The van der Waals surface area contributed by atoms with E-state index in [1.807, 2.05) is 13.8 Å². The molecule has 0 aromatic carbocycles. The van der Waals surface area contributed by atoms with Gasteiger partial charge in [0.05, 0.1) is 0 Å². The van der Waals surface area contributed by atoms with Crippen molar-refractivity contribution in [2.24, 2.45) is 5.92 Å². The zero-order valence-corrected chi connectivity index (χ0v) is 11.9. The van der Waals surface area contributed by atoms with Crippen molar-refractivity contribution in [3.63, 3.8) is 0 Å². The van der Waals surface area contributed by atoms with Gasteiger partial charge >= 0.3 is 0 Å². The smallest absolute Gasteiger partial charge is 0.244 e. The molecule has 102 valence electrons. The number of hydrogen-bond donors (Lipinski definition) is 1. The minimum atomic E-state index is -0.222. The summed E-state index contributed by atoms with van der Waals surface area (Å²) in [6.45, 7) is 6.37. The predicted octanol–water partition coefficient (Wildman–Crippen LogP) is 2.08. The molecule has 0 saturated heterocycles. The number of unbranched alkanes of at least 4 members (excludes halogenated alkanes) is 1. The summed E-state index contributed by atoms with van der Waals surface area (Å²) < 4.78 is 0. The first-order valence-corrected chi connectivity index (χ1v) is 6.44. The summed E-state index contributed by atoms with van der Waals surface area (Å²) in [5.41, 5.74) is 0. The van der Waals surface area contributed by atoms with Crippen molar-refractivity contribution in [2.75, 3.05) is 6.54 Å². The normalized spacial score (nSPS) is 9.47. The Bertz CT molecular complexity index is 439. The Hall–Kier alpha value is -2.00. The molecule has 0 saturated carbocycles. The number of nitrogens with one attached hydrogen (secondary N) is 1. The van der Waals surface area contributed by atoms with Crippen LogP contribution in [-0.2, 0) is 9.59 Å². The molecule has 0 unspecified atom stereocenters. The first kappa shape index (κ1) is 17.0. The number of carbonyl (C=O) groups is 2. The molecule has 0 rings (SSSR count). The molecule has 0 radical (unpaired) electrons. The number of carbonyl (C=O) groups excluding carboxylic acids is 2. The van der Waals surface area contributed by atoms with Gasteiger partial charge in [-0.2, -0.15) is 0 Å². The van der Waals surface area contributed by atoms with Gasteiger partial charge in [0.1, 0.15) is 0 Å². The lowest BCUT2D eigenvalue weighted by molar-refractivity contribution is -0.118. The molecule has 1 N–H and O–H groups in total. The molecule has 0 heterocycles. The first-order valence-electron chi connectivity index (χ1n) is 6.44. The Morgan fingerprint density at radius 1 is 1.21 bits per heavy atom. The molecule has 19 heavy (non-hydrogen) atoms. The molecule has 3 nitrogen and oxygen atoms in total. The van der Waals surface area contributed by atoms with E-state index >= 15 is 0 Å². The van der Waals surface area contributed by atoms with Crippen LogP contribution < -0.4 is 5.32 Å². The molecule has 0 bridgehead atoms. The van der Waals surface area contributed by atoms with Crippen molar-refractivity contribution in [1.29, 1.82) is 0 Å². The molecule has 0 aliphatic heterocycles. The summed E-state index contributed by atoms with van der Waals surface area (Å²) in [6.07, 6.45) is 4.36. The first-order chi connectivity index (χ1) is 9.06. The van der Waals surface area contributed by atoms with E-state index in [1.165, 1.54) is 12.2 Å². The van der Waals surface area contributed by atoms with Crippen LogP contribution in [0.2, 0.25) is 0 Å². The lowest BCUT2D eigenvalue weighted by Crippen LogP contribution is -2.25. The number of hydrogen-bond acceptors (Lipinski definition) is 2. The van der Waals surface area contributed by atoms with E-state index in [1.54, 1.807) is 6.92 Å². The van der Waals surface area contributed by atoms with Crippen LogP contribution >= 0.6 is 0 Å². The van der Waals surface area contributed by atoms with Gasteiger partial charge < -0.3 is 5.32 Å². The maximum atomic E-state index is 11.4. The molecule has 3 heteroatoms. The highest BCUT2D eigenvalue weighted by Crippen LogP contribution is 1.96. The summed E-state index contributed by atoms with van der Waals surface area (Å²) in [4.78, 5) is 22.7. The van der Waals surface area contributed by atoms with Gasteiger partial charge in [-0.3, -0.25) is 9.59 Å². The monoisotopic (exact) mass is 259 g/mol. The fourth-order valence-corrected chi connectivity index (χ4v) is 1.14. The SMILES string of the molecule is CC#CC#CCCCC(=O)C=CC(=O)NCC(C)C. The molecular weight excluding hydrogens is 238 g/mol. The van der Waals surface area contributed by atoms with Gasteiger partial charge in [0.2, 0.25) is 5.91 Å². The van der Waals surface area contributed by atoms with Gasteiger partial charge in [-0.1, -0.05) is 25.7 Å². The summed E-state index contributed by atoms with van der Waals surface area (Å²) in [6, 6.07) is 0. The zero-order chi connectivity index (χ0) is 14.5. The molecular formula is C16H21NO2. The Kier molecular flexibility index (Phi) is 9.94. The molecule has 0 fully saturated rings. The van der Waals surface area contributed by atoms with E-state index in [4.69, 9.17) is 0 Å². The topological polar surface area (TPSA) is 46.2 Å². The Morgan fingerprint density at radius 3 is 2.58 bits per heavy atom. The predicted molar refractivity (Wildman–Crippen MR) is 77.1 cm³/mol. The van der Waals surface area contributed by atoms with Crippen LogP contribution in [0.1, 0.15) is 40.0 Å². The third kappa shape index (κ3) is 12.2. The number of amides is 1. The summed E-state index contributed by atoms with van der Waals surface area (Å²) >= 11 is 0. The van der Waals surface area contributed by atoms with E-state index in [0.717, 1.165) is 0 Å². The summed E-state index contributed by atoms with van der Waals surface area (Å²) in [5, 5.41) is 2.71. The third-order valence-electron chi connectivity index (χ3n) is 2.11. The van der Waals surface area contributed by atoms with E-state index < -0.39 is 0 Å². The van der Waals surface area contributed by atoms with Crippen LogP contribution in [0.3, 0.4) is 0 Å². The maximum Gasteiger partial charge on any atom is 0.244 e. The van der Waals surface area contributed by atoms with Crippen LogP contribution in [0.25, 0.3) is 0 Å². The van der Waals surface area contributed by atoms with Crippen LogP contribution in [-0.4, -0.2) is 18.2 Å². The summed E-state index contributed by atoms with van der Waals surface area (Å²) in [7, 11) is 0. The maximum absolute atomic E-state index is 11.4. The van der Waals surface area contributed by atoms with E-state index in [0.29, 0.717) is 31.7 Å². The molecule has 0 aromatic rings. The van der Waals surface area contributed by atoms with Crippen LogP contribution in [0.5, 0.6) is 0 Å². The fraction of sp³-hybridized carbons (Fsp3) is 0.500. The minimum absolute atomic E-state index is 0.0527. The van der Waals surface area contributed by atoms with Crippen molar-refractivity contribution in [3.8, 4) is 23.7 Å². The van der Waals surface area contributed by atoms with E-state index in [9.17, 15) is 9.59 Å². The molecule has 0 aliphatic rings. The number of allylic oxidation sites excluding steroid dienone is 1. The highest BCUT2D eigenvalue weighted by molar-refractivity contribution is 5.97. The molecule has 0 aromatic heterocycles. The fourth-order valence-electron chi connectivity index (χ4n) is 1.14. The van der Waals surface area contributed by atoms with Crippen molar-refractivity contribution < 1.29 is 9.59 Å². The Balaban J connectivity index is 3.82. The second-order valence-corrected chi connectivity index (χ2v) is 4.47. The van der Waals surface area contributed by atoms with Crippen molar-refractivity contribution in [1.82, 2.24) is 5.32 Å². The lowest BCUT2D eigenvalue weighted by atomic mass is 10.1. The van der Waals surface area contributed by atoms with E-state index in [-0.39, 0.29) is 11.7 Å². The van der Waals surface area contributed by atoms with Gasteiger partial charge in [0.25, 0.3) is 0 Å². The quantitative estimate of drug-likeness (QED) is 0.432. The largest absolute Gasteiger partial charge is 0.352 e. The molecule has 0 aliphatic carbocycles. The Labute approximate surface area is 115 Å². The van der Waals surface area contributed by atoms with Gasteiger partial charge in [0.15, 0.2) is 5.78 Å². The van der Waals surface area contributed by atoms with Crippen LogP contribution in [0, 0.1) is 29.6 Å². The highest BCUT2D eigenvalue weighted by Gasteiger charge is 2.00. The average Bonchev–Trinajstić information content (AvgIpc) is 2.38. The molecule has 1 amide bonds. The van der Waals surface area contributed by atoms with Crippen molar-refractivity contribution in [3.05, 3.63) is 12.2 Å². The van der Waals surface area contributed by atoms with Crippen LogP contribution in [0.15, 0.2) is 12.2 Å². The average molecular weight is 259 g/mol. The lowest BCUT2D eigenvalue weighted by Gasteiger charge is -2.03. The van der Waals surface area contributed by atoms with Gasteiger partial charge in [-0.05, 0) is 37.2 Å². The van der Waals surface area contributed by atoms with Crippen molar-refractivity contribution in [2.45, 2.75) is 40.0 Å². The van der Waals surface area contributed by atoms with Gasteiger partial charge in [-0.15, -0.1) is 0 Å². The second-order valence-electron chi connectivity index (χ2n) is 4.47. The van der Waals surface area contributed by atoms with E-state index in [2.05, 4.69) is 29.0 Å². The van der Waals surface area contributed by atoms with Crippen LogP contribution in [0.4, 0.5) is 0 Å². The minimum Gasteiger partial charge on any atom is -0.352 e. The second kappa shape index (κ2) is 11.1. The summed E-state index contributed by atoms with van der Waals surface area (Å²) in [5.74, 6) is 11.0. The van der Waals surface area contributed by atoms with Gasteiger partial charge in [0, 0.05) is 25.5 Å². The van der Waals surface area contributed by atoms with Gasteiger partial charge in [-0.25, -0.2) is 0 Å².